The molecule has 0 atom stereocenters. The van der Waals surface area contributed by atoms with Crippen LogP contribution in [0.3, 0.4) is 0 Å². The van der Waals surface area contributed by atoms with Crippen LogP contribution in [-0.4, -0.2) is 11.8 Å². The number of amides is 2. The summed E-state index contributed by atoms with van der Waals surface area (Å²) in [5, 5.41) is 2.14. The van der Waals surface area contributed by atoms with Crippen LogP contribution in [0.2, 0.25) is 0 Å². The first-order valence-corrected chi connectivity index (χ1v) is 3.60. The molecular weight excluding hydrogens is 154 g/mol. The van der Waals surface area contributed by atoms with E-state index in [4.69, 9.17) is 0 Å². The summed E-state index contributed by atoms with van der Waals surface area (Å²) < 4.78 is 0. The minimum atomic E-state index is -0.148. The minimum absolute atomic E-state index is 0.148. The summed E-state index contributed by atoms with van der Waals surface area (Å²) >= 11 is 0. The lowest BCUT2D eigenvalue weighted by Crippen LogP contribution is -2.18. The van der Waals surface area contributed by atoms with E-state index in [0.717, 1.165) is 0 Å². The first kappa shape index (κ1) is 13.2. The van der Waals surface area contributed by atoms with Gasteiger partial charge in [0.15, 0.2) is 0 Å². The van der Waals surface area contributed by atoms with Gasteiger partial charge < -0.3 is 0 Å². The average Bonchev–Trinajstić information content (AvgIpc) is 2.40. The third kappa shape index (κ3) is 8.62. The molecule has 0 radical (unpaired) electrons. The fourth-order valence-corrected chi connectivity index (χ4v) is 0.508. The second kappa shape index (κ2) is 9.62. The molecule has 1 heterocycles. The molecule has 0 aromatic heterocycles. The molecule has 1 saturated heterocycles. The van der Waals surface area contributed by atoms with Gasteiger partial charge in [-0.05, 0) is 6.92 Å². The van der Waals surface area contributed by atoms with Gasteiger partial charge >= 0.3 is 0 Å². The molecule has 1 N–H and O–H groups in total. The Hall–Kier alpha value is -1.38. The van der Waals surface area contributed by atoms with Crippen molar-refractivity contribution in [1.82, 2.24) is 5.32 Å². The molecule has 3 heteroatoms. The van der Waals surface area contributed by atoms with E-state index in [2.05, 4.69) is 25.1 Å². The van der Waals surface area contributed by atoms with Crippen molar-refractivity contribution in [2.24, 2.45) is 0 Å². The highest BCUT2D eigenvalue weighted by atomic mass is 16.2. The van der Waals surface area contributed by atoms with Gasteiger partial charge in [-0.1, -0.05) is 6.08 Å². The van der Waals surface area contributed by atoms with Crippen LogP contribution in [-0.2, 0) is 9.59 Å². The molecule has 0 bridgehead atoms. The molecule has 0 aromatic rings. The van der Waals surface area contributed by atoms with E-state index in [9.17, 15) is 9.59 Å². The van der Waals surface area contributed by atoms with Gasteiger partial charge in [-0.3, -0.25) is 14.9 Å². The Morgan fingerprint density at radius 3 is 1.58 bits per heavy atom. The van der Waals surface area contributed by atoms with Gasteiger partial charge in [-0.15, -0.1) is 19.7 Å². The highest BCUT2D eigenvalue weighted by Crippen LogP contribution is 1.95. The zero-order valence-corrected chi connectivity index (χ0v) is 7.43. The molecule has 1 aliphatic rings. The summed E-state index contributed by atoms with van der Waals surface area (Å²) in [6, 6.07) is 0. The topological polar surface area (TPSA) is 46.2 Å². The molecule has 0 saturated carbocycles. The van der Waals surface area contributed by atoms with Crippen LogP contribution in [0.4, 0.5) is 0 Å². The number of rotatable bonds is 0. The van der Waals surface area contributed by atoms with Gasteiger partial charge in [-0.25, -0.2) is 0 Å². The molecule has 0 spiro atoms. The Balaban J connectivity index is 0. The summed E-state index contributed by atoms with van der Waals surface area (Å²) in [5.41, 5.74) is 0. The smallest absolute Gasteiger partial charge is 0.227 e. The summed E-state index contributed by atoms with van der Waals surface area (Å²) in [7, 11) is 0. The van der Waals surface area contributed by atoms with Crippen LogP contribution in [0, 0.1) is 0 Å². The van der Waals surface area contributed by atoms with Gasteiger partial charge in [-0.2, -0.15) is 0 Å². The van der Waals surface area contributed by atoms with Crippen LogP contribution < -0.4 is 5.32 Å². The average molecular weight is 169 g/mol. The van der Waals surface area contributed by atoms with Crippen LogP contribution in [0.1, 0.15) is 19.8 Å². The lowest BCUT2D eigenvalue weighted by molar-refractivity contribution is -0.124. The van der Waals surface area contributed by atoms with Crippen LogP contribution in [0.25, 0.3) is 0 Å². The predicted octanol–water partition coefficient (Wildman–Crippen LogP) is 1.42. The molecule has 1 aliphatic heterocycles. The Bertz CT molecular complexity index is 150. The third-order valence-corrected chi connectivity index (χ3v) is 0.858. The number of hydrogen-bond acceptors (Lipinski definition) is 2. The fraction of sp³-hybridized carbons (Fsp3) is 0.333. The fourth-order valence-electron chi connectivity index (χ4n) is 0.508. The van der Waals surface area contributed by atoms with E-state index in [1.807, 2.05) is 6.92 Å². The second-order valence-electron chi connectivity index (χ2n) is 1.88. The molecule has 0 aliphatic carbocycles. The van der Waals surface area contributed by atoms with Gasteiger partial charge in [0.1, 0.15) is 0 Å². The predicted molar refractivity (Wildman–Crippen MR) is 49.5 cm³/mol. The first-order valence-electron chi connectivity index (χ1n) is 3.60. The molecule has 0 aromatic carbocycles. The summed E-state index contributed by atoms with van der Waals surface area (Å²) in [4.78, 5) is 20.2. The SMILES string of the molecule is C=C.C=CC.O=C1CCC(=O)N1. The molecule has 1 fully saturated rings. The second-order valence-corrected chi connectivity index (χ2v) is 1.88. The van der Waals surface area contributed by atoms with Gasteiger partial charge in [0, 0.05) is 12.8 Å². The number of carbonyl (C=O) groups excluding carboxylic acids is 2. The lowest BCUT2D eigenvalue weighted by Gasteiger charge is -1.79. The van der Waals surface area contributed by atoms with Crippen molar-refractivity contribution in [2.75, 3.05) is 0 Å². The van der Waals surface area contributed by atoms with Crippen molar-refractivity contribution in [2.45, 2.75) is 19.8 Å². The van der Waals surface area contributed by atoms with E-state index in [-0.39, 0.29) is 11.8 Å². The van der Waals surface area contributed by atoms with E-state index in [1.54, 1.807) is 6.08 Å². The maximum Gasteiger partial charge on any atom is 0.227 e. The lowest BCUT2D eigenvalue weighted by atomic mass is 10.4. The van der Waals surface area contributed by atoms with Crippen molar-refractivity contribution in [3.63, 3.8) is 0 Å². The van der Waals surface area contributed by atoms with Gasteiger partial charge in [0.05, 0.1) is 0 Å². The molecule has 2 amide bonds. The van der Waals surface area contributed by atoms with Crippen molar-refractivity contribution in [1.29, 1.82) is 0 Å². The first-order chi connectivity index (χ1) is 5.70. The van der Waals surface area contributed by atoms with Crippen molar-refractivity contribution >= 4 is 11.8 Å². The molecule has 12 heavy (non-hydrogen) atoms. The van der Waals surface area contributed by atoms with E-state index in [0.29, 0.717) is 12.8 Å². The zero-order chi connectivity index (χ0) is 9.98. The Morgan fingerprint density at radius 1 is 1.25 bits per heavy atom. The zero-order valence-electron chi connectivity index (χ0n) is 7.43. The highest BCUT2D eigenvalue weighted by molar-refractivity contribution is 6.01. The quantitative estimate of drug-likeness (QED) is 0.440. The third-order valence-electron chi connectivity index (χ3n) is 0.858. The van der Waals surface area contributed by atoms with Crippen LogP contribution in [0.5, 0.6) is 0 Å². The van der Waals surface area contributed by atoms with Gasteiger partial charge in [0.2, 0.25) is 11.8 Å². The monoisotopic (exact) mass is 169 g/mol. The summed E-state index contributed by atoms with van der Waals surface area (Å²) in [6.45, 7) is 11.2. The number of carbonyl (C=O) groups is 2. The number of imide groups is 1. The van der Waals surface area contributed by atoms with E-state index in [1.165, 1.54) is 0 Å². The molecule has 68 valence electrons. The minimum Gasteiger partial charge on any atom is -0.296 e. The Morgan fingerprint density at radius 2 is 1.50 bits per heavy atom. The molecular formula is C9H15NO2. The molecule has 1 rings (SSSR count). The standard InChI is InChI=1S/C4H5NO2.C3H6.C2H4/c6-3-1-2-4(7)5-3;1-3-2;1-2/h1-2H2,(H,5,6,7);3H,1H2,2H3;1-2H2. The maximum absolute atomic E-state index is 10.1. The Labute approximate surface area is 73.2 Å². The largest absolute Gasteiger partial charge is 0.296 e. The van der Waals surface area contributed by atoms with E-state index < -0.39 is 0 Å². The summed E-state index contributed by atoms with van der Waals surface area (Å²) in [5.74, 6) is -0.296. The van der Waals surface area contributed by atoms with Gasteiger partial charge in [0.25, 0.3) is 0 Å². The maximum atomic E-state index is 10.1. The normalized spacial score (nSPS) is 13.1. The highest BCUT2D eigenvalue weighted by Gasteiger charge is 2.15. The van der Waals surface area contributed by atoms with Crippen molar-refractivity contribution in [3.8, 4) is 0 Å². The number of allylic oxidation sites excluding steroid dienone is 1. The molecule has 0 unspecified atom stereocenters. The van der Waals surface area contributed by atoms with E-state index >= 15 is 0 Å². The van der Waals surface area contributed by atoms with Crippen molar-refractivity contribution < 1.29 is 9.59 Å². The number of nitrogens with one attached hydrogen (secondary N) is 1. The molecule has 3 nitrogen and oxygen atoms in total. The van der Waals surface area contributed by atoms with Crippen LogP contribution >= 0.6 is 0 Å². The van der Waals surface area contributed by atoms with Crippen molar-refractivity contribution in [3.05, 3.63) is 25.8 Å². The number of hydrogen-bond donors (Lipinski definition) is 1. The van der Waals surface area contributed by atoms with Crippen LogP contribution in [0.15, 0.2) is 25.8 Å². The Kier molecular flexibility index (Phi) is 10.6. The summed E-state index contributed by atoms with van der Waals surface area (Å²) in [6.07, 6.45) is 2.50.